The van der Waals surface area contributed by atoms with Crippen molar-refractivity contribution in [3.05, 3.63) is 70.3 Å². The number of hydrogen-bond donors (Lipinski definition) is 3. The van der Waals surface area contributed by atoms with Gasteiger partial charge in [0, 0.05) is 32.1 Å². The number of amides is 6. The van der Waals surface area contributed by atoms with Crippen molar-refractivity contribution in [1.82, 2.24) is 30.7 Å². The molecule has 3 N–H and O–H groups in total. The Kier molecular flexibility index (Phi) is 13.1. The fraction of sp³-hybridized carbons (Fsp3) is 0.548. The van der Waals surface area contributed by atoms with E-state index in [4.69, 9.17) is 4.74 Å². The van der Waals surface area contributed by atoms with E-state index in [1.165, 1.54) is 21.6 Å². The highest BCUT2D eigenvalue weighted by molar-refractivity contribution is 5.98. The summed E-state index contributed by atoms with van der Waals surface area (Å²) in [5.74, 6) is -6.37. The molecule has 0 bridgehead atoms. The first kappa shape index (κ1) is 42.2. The second-order valence-corrected chi connectivity index (χ2v) is 16.2. The van der Waals surface area contributed by atoms with E-state index >= 15 is 0 Å². The molecule has 58 heavy (non-hydrogen) atoms. The molecule has 4 saturated heterocycles. The number of rotatable bonds is 7. The number of carbonyl (C=O) groups is 7. The molecule has 0 aromatic heterocycles. The Bertz CT molecular complexity index is 1940. The Labute approximate surface area is 336 Å². The summed E-state index contributed by atoms with van der Waals surface area (Å²) in [6.07, 6.45) is 2.17. The third kappa shape index (κ3) is 9.64. The number of halogens is 2. The van der Waals surface area contributed by atoms with Crippen LogP contribution in [0.25, 0.3) is 0 Å². The molecule has 6 rings (SSSR count). The standard InChI is InChI=1S/C42H52F2N6O8/c1-23-14-35-42(57)58-22-32(47-37(52)31(18-28-16-29(43)20-30(44)17-28)46-36(51)19-27-11-10-24(2)25(3)15-27)40(55)49-13-7-9-34(49)41(56)48-12-6-5-8-33(48)38(53)45-26(4)39(54)50(35)21-23/h10-11,15-17,20,23,26,31-35H,5-9,12-14,18-19,21-22H2,1-4H3,(H,45,53)(H,46,51)(H,47,52)/t23-,26-,31-,32-,33-,34-,35-/m0/s1. The fourth-order valence-electron chi connectivity index (χ4n) is 8.51. The molecule has 0 saturated carbocycles. The van der Waals surface area contributed by atoms with Crippen LogP contribution in [0.5, 0.6) is 0 Å². The van der Waals surface area contributed by atoms with Crippen LogP contribution in [-0.2, 0) is 51.1 Å². The maximum Gasteiger partial charge on any atom is 0.328 e. The summed E-state index contributed by atoms with van der Waals surface area (Å²) < 4.78 is 34.3. The molecular weight excluding hydrogens is 754 g/mol. The average Bonchev–Trinajstić information content (AvgIpc) is 3.83. The van der Waals surface area contributed by atoms with Gasteiger partial charge in [0.1, 0.15) is 54.5 Å². The van der Waals surface area contributed by atoms with E-state index in [0.717, 1.165) is 23.3 Å². The summed E-state index contributed by atoms with van der Waals surface area (Å²) >= 11 is 0. The third-order valence-electron chi connectivity index (χ3n) is 11.7. The maximum atomic E-state index is 14.5. The number of esters is 1. The predicted molar refractivity (Wildman–Crippen MR) is 205 cm³/mol. The molecule has 14 nitrogen and oxygen atoms in total. The molecule has 0 aliphatic carbocycles. The van der Waals surface area contributed by atoms with Crippen molar-refractivity contribution >= 4 is 41.4 Å². The van der Waals surface area contributed by atoms with Gasteiger partial charge in [-0.25, -0.2) is 13.6 Å². The lowest BCUT2D eigenvalue weighted by Crippen LogP contribution is -2.62. The quantitative estimate of drug-likeness (QED) is 0.357. The van der Waals surface area contributed by atoms with E-state index in [0.29, 0.717) is 37.3 Å². The van der Waals surface area contributed by atoms with Gasteiger partial charge in [0.25, 0.3) is 0 Å². The number of cyclic esters (lactones) is 1. The van der Waals surface area contributed by atoms with Gasteiger partial charge in [-0.15, -0.1) is 0 Å². The number of benzene rings is 2. The summed E-state index contributed by atoms with van der Waals surface area (Å²) in [4.78, 5) is 102. The Hall–Kier alpha value is -5.41. The lowest BCUT2D eigenvalue weighted by Gasteiger charge is -2.39. The van der Waals surface area contributed by atoms with E-state index < -0.39 is 95.9 Å². The highest BCUT2D eigenvalue weighted by Gasteiger charge is 2.46. The van der Waals surface area contributed by atoms with Gasteiger partial charge in [0.05, 0.1) is 6.42 Å². The van der Waals surface area contributed by atoms with Crippen molar-refractivity contribution in [2.24, 2.45) is 5.92 Å². The molecule has 2 aromatic carbocycles. The Morgan fingerprint density at radius 3 is 2.22 bits per heavy atom. The smallest absolute Gasteiger partial charge is 0.328 e. The summed E-state index contributed by atoms with van der Waals surface area (Å²) in [6.45, 7) is 7.16. The van der Waals surface area contributed by atoms with Crippen LogP contribution in [0, 0.1) is 31.4 Å². The number of nitrogens with zero attached hydrogens (tertiary/aromatic N) is 3. The van der Waals surface area contributed by atoms with E-state index in [2.05, 4.69) is 16.0 Å². The molecule has 7 atom stereocenters. The summed E-state index contributed by atoms with van der Waals surface area (Å²) in [5.41, 5.74) is 2.69. The van der Waals surface area contributed by atoms with Crippen LogP contribution >= 0.6 is 0 Å². The number of hydrogen-bond acceptors (Lipinski definition) is 8. The molecule has 4 aliphatic rings. The molecule has 6 amide bonds. The lowest BCUT2D eigenvalue weighted by atomic mass is 9.99. The minimum absolute atomic E-state index is 0.0551. The van der Waals surface area contributed by atoms with E-state index in [-0.39, 0.29) is 56.8 Å². The summed E-state index contributed by atoms with van der Waals surface area (Å²) in [7, 11) is 0. The summed E-state index contributed by atoms with van der Waals surface area (Å²) in [5, 5.41) is 8.04. The summed E-state index contributed by atoms with van der Waals surface area (Å²) in [6, 6.07) is 1.29. The molecular formula is C42H52F2N6O8. The van der Waals surface area contributed by atoms with Crippen LogP contribution in [0.1, 0.15) is 74.6 Å². The molecule has 0 radical (unpaired) electrons. The Morgan fingerprint density at radius 2 is 1.50 bits per heavy atom. The van der Waals surface area contributed by atoms with Gasteiger partial charge >= 0.3 is 5.97 Å². The average molecular weight is 807 g/mol. The third-order valence-corrected chi connectivity index (χ3v) is 11.7. The molecule has 0 unspecified atom stereocenters. The molecule has 16 heteroatoms. The molecule has 0 spiro atoms. The topological polar surface area (TPSA) is 175 Å². The number of aryl methyl sites for hydroxylation is 2. The molecule has 4 heterocycles. The van der Waals surface area contributed by atoms with Crippen LogP contribution in [0.4, 0.5) is 8.78 Å². The Morgan fingerprint density at radius 1 is 0.810 bits per heavy atom. The van der Waals surface area contributed by atoms with E-state index in [1.807, 2.05) is 32.9 Å². The normalized spacial score (nSPS) is 26.3. The van der Waals surface area contributed by atoms with Crippen molar-refractivity contribution in [3.8, 4) is 0 Å². The van der Waals surface area contributed by atoms with Crippen LogP contribution < -0.4 is 16.0 Å². The monoisotopic (exact) mass is 806 g/mol. The van der Waals surface area contributed by atoms with Gasteiger partial charge in [0.15, 0.2) is 0 Å². The zero-order chi connectivity index (χ0) is 41.8. The number of carbonyl (C=O) groups excluding carboxylic acids is 7. The molecule has 2 aromatic rings. The largest absolute Gasteiger partial charge is 0.461 e. The molecule has 4 aliphatic heterocycles. The second kappa shape index (κ2) is 18.0. The SMILES string of the molecule is Cc1ccc(CC(=O)N[C@@H](Cc2cc(F)cc(F)c2)C(=O)N[C@H]2COC(=O)[C@@H]3C[C@H](C)CN3C(=O)[C@H](C)NC(=O)[C@@H]3CCCCN3C(=O)[C@@H]3CCCN3C2=O)cc1C. The maximum absolute atomic E-state index is 14.5. The van der Waals surface area contributed by atoms with E-state index in [9.17, 15) is 42.3 Å². The van der Waals surface area contributed by atoms with E-state index in [1.54, 1.807) is 6.07 Å². The number of ether oxygens (including phenoxy) is 1. The molecule has 4 fully saturated rings. The van der Waals surface area contributed by atoms with Crippen LogP contribution in [0.15, 0.2) is 36.4 Å². The van der Waals surface area contributed by atoms with Crippen molar-refractivity contribution in [2.75, 3.05) is 26.2 Å². The van der Waals surface area contributed by atoms with Gasteiger partial charge in [-0.05, 0) is 99.6 Å². The zero-order valence-corrected chi connectivity index (χ0v) is 33.4. The second-order valence-electron chi connectivity index (χ2n) is 16.2. The van der Waals surface area contributed by atoms with Crippen LogP contribution in [0.3, 0.4) is 0 Å². The first-order chi connectivity index (χ1) is 27.6. The predicted octanol–water partition coefficient (Wildman–Crippen LogP) is 2.01. The van der Waals surface area contributed by atoms with Crippen LogP contribution in [0.2, 0.25) is 0 Å². The first-order valence-electron chi connectivity index (χ1n) is 20.1. The first-order valence-corrected chi connectivity index (χ1v) is 20.1. The van der Waals surface area contributed by atoms with Gasteiger partial charge in [-0.1, -0.05) is 25.1 Å². The highest BCUT2D eigenvalue weighted by atomic mass is 19.1. The number of fused-ring (bicyclic) bond motifs is 3. The number of nitrogens with one attached hydrogen (secondary N) is 3. The zero-order valence-electron chi connectivity index (χ0n) is 33.4. The molecule has 312 valence electrons. The highest BCUT2D eigenvalue weighted by Crippen LogP contribution is 2.28. The van der Waals surface area contributed by atoms with Gasteiger partial charge < -0.3 is 35.4 Å². The minimum Gasteiger partial charge on any atom is -0.461 e. The number of piperidine rings is 1. The van der Waals surface area contributed by atoms with Gasteiger partial charge in [0.2, 0.25) is 35.4 Å². The van der Waals surface area contributed by atoms with Gasteiger partial charge in [-0.3, -0.25) is 28.8 Å². The Balaban J connectivity index is 1.31. The van der Waals surface area contributed by atoms with Gasteiger partial charge in [-0.2, -0.15) is 0 Å². The van der Waals surface area contributed by atoms with Crippen molar-refractivity contribution in [2.45, 2.75) is 115 Å². The van der Waals surface area contributed by atoms with Crippen LogP contribution in [-0.4, -0.2) is 119 Å². The minimum atomic E-state index is -1.57. The van der Waals surface area contributed by atoms with Crippen molar-refractivity contribution in [1.29, 1.82) is 0 Å². The lowest BCUT2D eigenvalue weighted by molar-refractivity contribution is -0.158. The fourth-order valence-corrected chi connectivity index (χ4v) is 8.51. The van der Waals surface area contributed by atoms with Crippen molar-refractivity contribution < 1.29 is 47.1 Å². The van der Waals surface area contributed by atoms with Crippen molar-refractivity contribution in [3.63, 3.8) is 0 Å².